The Balaban J connectivity index is 1.86. The zero-order valence-corrected chi connectivity index (χ0v) is 15.5. The summed E-state index contributed by atoms with van der Waals surface area (Å²) in [4.78, 5) is 13.5. The van der Waals surface area contributed by atoms with Crippen molar-refractivity contribution >= 4 is 15.9 Å². The average molecular weight is 354 g/mol. The van der Waals surface area contributed by atoms with Crippen LogP contribution in [0.2, 0.25) is 0 Å². The molecule has 7 heteroatoms. The average Bonchev–Trinajstić information content (AvgIpc) is 2.56. The maximum Gasteiger partial charge on any atom is 0.275 e. The Labute approximate surface area is 144 Å². The number of amides is 1. The van der Waals surface area contributed by atoms with Gasteiger partial charge in [0.25, 0.3) is 5.91 Å². The van der Waals surface area contributed by atoms with Gasteiger partial charge in [-0.05, 0) is 25.0 Å². The van der Waals surface area contributed by atoms with E-state index in [4.69, 9.17) is 0 Å². The fourth-order valence-electron chi connectivity index (χ4n) is 2.66. The van der Waals surface area contributed by atoms with E-state index in [9.17, 15) is 13.2 Å². The van der Waals surface area contributed by atoms with E-state index in [1.165, 1.54) is 4.31 Å². The quantitative estimate of drug-likeness (QED) is 0.739. The molecule has 0 saturated carbocycles. The Morgan fingerprint density at radius 2 is 1.75 bits per heavy atom. The second-order valence-corrected chi connectivity index (χ2v) is 8.68. The third kappa shape index (κ3) is 4.78. The summed E-state index contributed by atoms with van der Waals surface area (Å²) in [6.45, 7) is 8.73. The van der Waals surface area contributed by atoms with E-state index >= 15 is 0 Å². The molecular formula is C17H28N3O3S+. The molecule has 0 spiro atoms. The van der Waals surface area contributed by atoms with Crippen molar-refractivity contribution in [2.45, 2.75) is 31.7 Å². The van der Waals surface area contributed by atoms with Crippen molar-refractivity contribution in [1.29, 1.82) is 0 Å². The van der Waals surface area contributed by atoms with Gasteiger partial charge in [0.1, 0.15) is 0 Å². The van der Waals surface area contributed by atoms with Gasteiger partial charge in [0.15, 0.2) is 6.54 Å². The van der Waals surface area contributed by atoms with Crippen LogP contribution in [-0.4, -0.2) is 57.4 Å². The van der Waals surface area contributed by atoms with E-state index in [1.54, 1.807) is 30.3 Å². The molecule has 1 saturated heterocycles. The molecule has 1 aromatic carbocycles. The fourth-order valence-corrected chi connectivity index (χ4v) is 4.12. The zero-order valence-electron chi connectivity index (χ0n) is 14.7. The highest BCUT2D eigenvalue weighted by Crippen LogP contribution is 2.14. The summed E-state index contributed by atoms with van der Waals surface area (Å²) in [6.07, 6.45) is 0. The normalized spacial score (nSPS) is 18.5. The molecule has 24 heavy (non-hydrogen) atoms. The summed E-state index contributed by atoms with van der Waals surface area (Å²) in [5.41, 5.74) is 0. The maximum absolute atomic E-state index is 12.6. The topological polar surface area (TPSA) is 70.9 Å². The van der Waals surface area contributed by atoms with Crippen LogP contribution < -0.4 is 10.2 Å². The van der Waals surface area contributed by atoms with E-state index in [-0.39, 0.29) is 11.9 Å². The van der Waals surface area contributed by atoms with Gasteiger partial charge >= 0.3 is 0 Å². The molecule has 1 heterocycles. The Morgan fingerprint density at radius 3 is 2.29 bits per heavy atom. The number of quaternary nitrogens is 1. The molecule has 0 aliphatic carbocycles. The first-order valence-corrected chi connectivity index (χ1v) is 9.93. The highest BCUT2D eigenvalue weighted by Gasteiger charge is 2.31. The van der Waals surface area contributed by atoms with Crippen LogP contribution in [0, 0.1) is 5.92 Å². The molecule has 2 rings (SSSR count). The summed E-state index contributed by atoms with van der Waals surface area (Å²) in [5.74, 6) is 0.433. The highest BCUT2D eigenvalue weighted by atomic mass is 32.2. The number of hydrogen-bond acceptors (Lipinski definition) is 3. The van der Waals surface area contributed by atoms with Crippen LogP contribution in [0.25, 0.3) is 0 Å². The third-order valence-electron chi connectivity index (χ3n) is 4.61. The fraction of sp³-hybridized carbons (Fsp3) is 0.588. The monoisotopic (exact) mass is 354 g/mol. The molecule has 1 aliphatic heterocycles. The van der Waals surface area contributed by atoms with Gasteiger partial charge in [-0.3, -0.25) is 4.79 Å². The van der Waals surface area contributed by atoms with Crippen LogP contribution >= 0.6 is 0 Å². The Hall–Kier alpha value is -1.44. The number of rotatable bonds is 6. The van der Waals surface area contributed by atoms with Crippen molar-refractivity contribution in [3.63, 3.8) is 0 Å². The Bertz CT molecular complexity index is 638. The number of hydrogen-bond donors (Lipinski definition) is 2. The Morgan fingerprint density at radius 1 is 1.17 bits per heavy atom. The van der Waals surface area contributed by atoms with Crippen molar-refractivity contribution in [1.82, 2.24) is 9.62 Å². The summed E-state index contributed by atoms with van der Waals surface area (Å²) >= 11 is 0. The number of carbonyl (C=O) groups excluding carboxylic acids is 1. The van der Waals surface area contributed by atoms with Crippen molar-refractivity contribution < 1.29 is 18.1 Å². The molecule has 6 nitrogen and oxygen atoms in total. The molecule has 0 unspecified atom stereocenters. The second-order valence-electron chi connectivity index (χ2n) is 6.74. The van der Waals surface area contributed by atoms with Gasteiger partial charge < -0.3 is 10.2 Å². The van der Waals surface area contributed by atoms with E-state index < -0.39 is 10.0 Å². The minimum absolute atomic E-state index is 0.0329. The minimum Gasteiger partial charge on any atom is -0.348 e. The molecular weight excluding hydrogens is 326 g/mol. The van der Waals surface area contributed by atoms with E-state index in [0.29, 0.717) is 43.5 Å². The smallest absolute Gasteiger partial charge is 0.275 e. The molecule has 134 valence electrons. The standard InChI is InChI=1S/C17H27N3O3S/c1-14(2)15(3)18-17(21)13-19-9-11-20(12-10-19)24(22,23)16-7-5-4-6-8-16/h4-8,14-15H,9-13H2,1-3H3,(H,18,21)/p+1/t15-/m1/s1. The number of nitrogens with one attached hydrogen (secondary N) is 2. The molecule has 1 aromatic rings. The summed E-state index contributed by atoms with van der Waals surface area (Å²) in [5, 5.41) is 3.00. The van der Waals surface area contributed by atoms with E-state index in [2.05, 4.69) is 19.2 Å². The SMILES string of the molecule is CC(C)[C@@H](C)NC(=O)C[NH+]1CCN(S(=O)(=O)c2ccccc2)CC1. The number of piperazine rings is 1. The molecule has 2 N–H and O–H groups in total. The first kappa shape index (κ1) is 18.9. The number of benzene rings is 1. The van der Waals surface area contributed by atoms with Gasteiger partial charge in [0, 0.05) is 6.04 Å². The first-order chi connectivity index (χ1) is 11.3. The molecule has 1 amide bonds. The molecule has 0 aromatic heterocycles. The van der Waals surface area contributed by atoms with Gasteiger partial charge in [-0.2, -0.15) is 4.31 Å². The van der Waals surface area contributed by atoms with Gasteiger partial charge in [-0.1, -0.05) is 32.0 Å². The predicted octanol–water partition coefficient (Wildman–Crippen LogP) is -0.263. The zero-order chi connectivity index (χ0) is 17.7. The van der Waals surface area contributed by atoms with Crippen LogP contribution in [0.15, 0.2) is 35.2 Å². The van der Waals surface area contributed by atoms with Crippen molar-refractivity contribution in [3.05, 3.63) is 30.3 Å². The molecule has 1 fully saturated rings. The van der Waals surface area contributed by atoms with Crippen molar-refractivity contribution in [2.75, 3.05) is 32.7 Å². The third-order valence-corrected chi connectivity index (χ3v) is 6.52. The lowest BCUT2D eigenvalue weighted by Crippen LogP contribution is -3.15. The van der Waals surface area contributed by atoms with Crippen molar-refractivity contribution in [2.24, 2.45) is 5.92 Å². The largest absolute Gasteiger partial charge is 0.348 e. The number of sulfonamides is 1. The summed E-state index contributed by atoms with van der Waals surface area (Å²) in [6, 6.07) is 8.66. The summed E-state index contributed by atoms with van der Waals surface area (Å²) < 4.78 is 26.7. The Kier molecular flexibility index (Phi) is 6.37. The van der Waals surface area contributed by atoms with Crippen LogP contribution in [0.3, 0.4) is 0 Å². The predicted molar refractivity (Wildman–Crippen MR) is 93.2 cm³/mol. The van der Waals surface area contributed by atoms with Gasteiger partial charge in [0.05, 0.1) is 31.1 Å². The number of carbonyl (C=O) groups is 1. The van der Waals surface area contributed by atoms with Crippen LogP contribution in [0.4, 0.5) is 0 Å². The molecule has 1 aliphatic rings. The molecule has 0 radical (unpaired) electrons. The summed E-state index contributed by atoms with van der Waals surface area (Å²) in [7, 11) is -3.42. The molecule has 0 bridgehead atoms. The maximum atomic E-state index is 12.6. The van der Waals surface area contributed by atoms with Crippen LogP contribution in [-0.2, 0) is 14.8 Å². The van der Waals surface area contributed by atoms with E-state index in [0.717, 1.165) is 4.90 Å². The van der Waals surface area contributed by atoms with E-state index in [1.807, 2.05) is 6.92 Å². The molecule has 1 atom stereocenters. The van der Waals surface area contributed by atoms with Gasteiger partial charge in [0.2, 0.25) is 10.0 Å². The lowest BCUT2D eigenvalue weighted by atomic mass is 10.1. The second kappa shape index (κ2) is 8.09. The van der Waals surface area contributed by atoms with Gasteiger partial charge in [-0.15, -0.1) is 0 Å². The minimum atomic E-state index is -3.42. The van der Waals surface area contributed by atoms with Gasteiger partial charge in [-0.25, -0.2) is 8.42 Å². The lowest BCUT2D eigenvalue weighted by molar-refractivity contribution is -0.895. The number of nitrogens with zero attached hydrogens (tertiary/aromatic N) is 1. The van der Waals surface area contributed by atoms with Crippen LogP contribution in [0.1, 0.15) is 20.8 Å². The first-order valence-electron chi connectivity index (χ1n) is 8.49. The van der Waals surface area contributed by atoms with Crippen LogP contribution in [0.5, 0.6) is 0 Å². The highest BCUT2D eigenvalue weighted by molar-refractivity contribution is 7.89. The lowest BCUT2D eigenvalue weighted by Gasteiger charge is -2.31. The van der Waals surface area contributed by atoms with Crippen molar-refractivity contribution in [3.8, 4) is 0 Å².